The zero-order chi connectivity index (χ0) is 13.1. The molecule has 1 atom stereocenters. The smallest absolute Gasteiger partial charge is 0.203 e. The van der Waals surface area contributed by atoms with Crippen LogP contribution in [0.15, 0.2) is 6.20 Å². The Bertz CT molecular complexity index is 375. The largest absolute Gasteiger partial charge is 0.353 e. The Morgan fingerprint density at radius 3 is 2.50 bits per heavy atom. The number of hydrogen-bond acceptors (Lipinski definition) is 2. The average molecular weight is 249 g/mol. The third kappa shape index (κ3) is 3.06. The molecule has 0 radical (unpaired) electrons. The molecule has 1 aliphatic rings. The summed E-state index contributed by atoms with van der Waals surface area (Å²) in [6.07, 6.45) is 9.09. The molecular formula is C15H27N3. The maximum Gasteiger partial charge on any atom is 0.203 e. The normalized spacial score (nSPS) is 19.2. The summed E-state index contributed by atoms with van der Waals surface area (Å²) in [5.41, 5.74) is 1.10. The van der Waals surface area contributed by atoms with E-state index in [1.807, 2.05) is 0 Å². The maximum atomic E-state index is 4.62. The number of imidazole rings is 1. The molecule has 0 spiro atoms. The Hall–Kier alpha value is -0.990. The number of nitrogens with zero attached hydrogens (tertiary/aromatic N) is 2. The summed E-state index contributed by atoms with van der Waals surface area (Å²) in [5.74, 6) is 1.86. The summed E-state index contributed by atoms with van der Waals surface area (Å²) in [7, 11) is 0. The zero-order valence-electron chi connectivity index (χ0n) is 12.2. The first-order valence-corrected chi connectivity index (χ1v) is 7.40. The van der Waals surface area contributed by atoms with Gasteiger partial charge in [0.2, 0.25) is 5.95 Å². The first-order valence-electron chi connectivity index (χ1n) is 7.40. The van der Waals surface area contributed by atoms with Gasteiger partial charge in [0.25, 0.3) is 0 Å². The summed E-state index contributed by atoms with van der Waals surface area (Å²) in [5, 5.41) is 3.63. The quantitative estimate of drug-likeness (QED) is 0.868. The van der Waals surface area contributed by atoms with Crippen LogP contribution in [0, 0.1) is 12.8 Å². The van der Waals surface area contributed by atoms with Crippen molar-refractivity contribution in [2.75, 3.05) is 5.32 Å². The first kappa shape index (κ1) is 13.4. The molecule has 1 N–H and O–H groups in total. The van der Waals surface area contributed by atoms with Gasteiger partial charge in [0.15, 0.2) is 0 Å². The second kappa shape index (κ2) is 5.77. The van der Waals surface area contributed by atoms with Gasteiger partial charge in [0, 0.05) is 18.3 Å². The maximum absolute atomic E-state index is 4.62. The number of hydrogen-bond donors (Lipinski definition) is 1. The summed E-state index contributed by atoms with van der Waals surface area (Å²) < 4.78 is 2.24. The fourth-order valence-corrected chi connectivity index (χ4v) is 2.97. The lowest BCUT2D eigenvalue weighted by atomic mass is 9.85. The molecule has 0 saturated heterocycles. The van der Waals surface area contributed by atoms with Crippen LogP contribution in [0.2, 0.25) is 0 Å². The van der Waals surface area contributed by atoms with E-state index in [-0.39, 0.29) is 0 Å². The van der Waals surface area contributed by atoms with E-state index < -0.39 is 0 Å². The number of nitrogens with one attached hydrogen (secondary N) is 1. The van der Waals surface area contributed by atoms with E-state index in [4.69, 9.17) is 0 Å². The van der Waals surface area contributed by atoms with Crippen LogP contribution in [0.3, 0.4) is 0 Å². The molecule has 1 aliphatic carbocycles. The Labute approximate surface area is 111 Å². The van der Waals surface area contributed by atoms with Crippen molar-refractivity contribution in [3.05, 3.63) is 11.9 Å². The van der Waals surface area contributed by atoms with Gasteiger partial charge >= 0.3 is 0 Å². The lowest BCUT2D eigenvalue weighted by molar-refractivity contribution is 0.327. The van der Waals surface area contributed by atoms with E-state index >= 15 is 0 Å². The van der Waals surface area contributed by atoms with Gasteiger partial charge in [-0.2, -0.15) is 0 Å². The highest BCUT2D eigenvalue weighted by Crippen LogP contribution is 2.28. The molecule has 0 amide bonds. The van der Waals surface area contributed by atoms with Crippen LogP contribution < -0.4 is 5.32 Å². The molecule has 0 aliphatic heterocycles. The van der Waals surface area contributed by atoms with Crippen LogP contribution in [0.25, 0.3) is 0 Å². The van der Waals surface area contributed by atoms with Gasteiger partial charge in [-0.25, -0.2) is 4.98 Å². The molecular weight excluding hydrogens is 222 g/mol. The molecule has 1 fully saturated rings. The van der Waals surface area contributed by atoms with Crippen molar-refractivity contribution in [1.82, 2.24) is 9.55 Å². The average Bonchev–Trinajstić information content (AvgIpc) is 2.71. The van der Waals surface area contributed by atoms with Gasteiger partial charge in [-0.05, 0) is 46.5 Å². The Morgan fingerprint density at radius 2 is 1.89 bits per heavy atom. The van der Waals surface area contributed by atoms with Crippen molar-refractivity contribution < 1.29 is 0 Å². The van der Waals surface area contributed by atoms with Crippen LogP contribution in [0.4, 0.5) is 5.95 Å². The van der Waals surface area contributed by atoms with Gasteiger partial charge in [-0.3, -0.25) is 0 Å². The third-order valence-electron chi connectivity index (χ3n) is 4.12. The topological polar surface area (TPSA) is 29.9 Å². The molecule has 1 aromatic heterocycles. The van der Waals surface area contributed by atoms with E-state index in [1.54, 1.807) is 0 Å². The first-order chi connectivity index (χ1) is 8.58. The van der Waals surface area contributed by atoms with Crippen LogP contribution >= 0.6 is 0 Å². The van der Waals surface area contributed by atoms with Gasteiger partial charge < -0.3 is 9.88 Å². The molecule has 1 aromatic rings. The van der Waals surface area contributed by atoms with Crippen molar-refractivity contribution in [1.29, 1.82) is 0 Å². The van der Waals surface area contributed by atoms with Crippen LogP contribution in [-0.2, 0) is 0 Å². The minimum absolute atomic E-state index is 0.465. The van der Waals surface area contributed by atoms with Gasteiger partial charge in [-0.1, -0.05) is 19.3 Å². The summed E-state index contributed by atoms with van der Waals surface area (Å²) >= 11 is 0. The minimum Gasteiger partial charge on any atom is -0.353 e. The molecule has 1 heterocycles. The third-order valence-corrected chi connectivity index (χ3v) is 4.12. The summed E-state index contributed by atoms with van der Waals surface area (Å²) in [6, 6.07) is 0.997. The highest BCUT2D eigenvalue weighted by Gasteiger charge is 2.21. The number of rotatable bonds is 4. The highest BCUT2D eigenvalue weighted by atomic mass is 15.2. The van der Waals surface area contributed by atoms with Crippen LogP contribution in [-0.4, -0.2) is 15.6 Å². The van der Waals surface area contributed by atoms with Crippen molar-refractivity contribution in [3.8, 4) is 0 Å². The monoisotopic (exact) mass is 249 g/mol. The highest BCUT2D eigenvalue weighted by molar-refractivity contribution is 5.31. The lowest BCUT2D eigenvalue weighted by Crippen LogP contribution is -2.29. The molecule has 1 unspecified atom stereocenters. The van der Waals surface area contributed by atoms with E-state index in [2.05, 4.69) is 48.8 Å². The van der Waals surface area contributed by atoms with Gasteiger partial charge in [0.1, 0.15) is 0 Å². The molecule has 3 nitrogen and oxygen atoms in total. The standard InChI is InChI=1S/C15H27N3/c1-11(2)18-10-12(3)16-15(18)17-13(4)14-8-6-5-7-9-14/h10-11,13-14H,5-9H2,1-4H3,(H,16,17). The van der Waals surface area contributed by atoms with Crippen molar-refractivity contribution in [2.24, 2.45) is 5.92 Å². The SMILES string of the molecule is Cc1cn(C(C)C)c(NC(C)C2CCCCC2)n1. The number of aromatic nitrogens is 2. The molecule has 2 rings (SSSR count). The van der Waals surface area contributed by atoms with Crippen LogP contribution in [0.1, 0.15) is 64.6 Å². The van der Waals surface area contributed by atoms with Crippen molar-refractivity contribution in [2.45, 2.75) is 71.9 Å². The van der Waals surface area contributed by atoms with E-state index in [9.17, 15) is 0 Å². The van der Waals surface area contributed by atoms with E-state index in [1.165, 1.54) is 32.1 Å². The zero-order valence-corrected chi connectivity index (χ0v) is 12.2. The molecule has 0 bridgehead atoms. The molecule has 102 valence electrons. The minimum atomic E-state index is 0.465. The van der Waals surface area contributed by atoms with Crippen molar-refractivity contribution >= 4 is 5.95 Å². The fourth-order valence-electron chi connectivity index (χ4n) is 2.97. The summed E-state index contributed by atoms with van der Waals surface area (Å²) in [6.45, 7) is 8.79. The second-order valence-electron chi connectivity index (χ2n) is 6.04. The van der Waals surface area contributed by atoms with Crippen molar-refractivity contribution in [3.63, 3.8) is 0 Å². The van der Waals surface area contributed by atoms with Crippen LogP contribution in [0.5, 0.6) is 0 Å². The number of aryl methyl sites for hydroxylation is 1. The predicted octanol–water partition coefficient (Wildman–Crippen LogP) is 4.15. The van der Waals surface area contributed by atoms with E-state index in [0.717, 1.165) is 17.6 Å². The molecule has 1 saturated carbocycles. The van der Waals surface area contributed by atoms with Gasteiger partial charge in [-0.15, -0.1) is 0 Å². The Morgan fingerprint density at radius 1 is 1.22 bits per heavy atom. The number of anilines is 1. The molecule has 0 aromatic carbocycles. The predicted molar refractivity (Wildman–Crippen MR) is 77.0 cm³/mol. The Balaban J connectivity index is 2.03. The lowest BCUT2D eigenvalue weighted by Gasteiger charge is -2.29. The fraction of sp³-hybridized carbons (Fsp3) is 0.800. The molecule has 3 heteroatoms. The Kier molecular flexibility index (Phi) is 4.31. The molecule has 18 heavy (non-hydrogen) atoms. The van der Waals surface area contributed by atoms with Gasteiger partial charge in [0.05, 0.1) is 5.69 Å². The summed E-state index contributed by atoms with van der Waals surface area (Å²) in [4.78, 5) is 4.62. The second-order valence-corrected chi connectivity index (χ2v) is 6.04. The van der Waals surface area contributed by atoms with E-state index in [0.29, 0.717) is 12.1 Å².